The zero-order chi connectivity index (χ0) is 16.9. The molecule has 3 rings (SSSR count). The summed E-state index contributed by atoms with van der Waals surface area (Å²) < 4.78 is 15.6. The van der Waals surface area contributed by atoms with Gasteiger partial charge in [0.05, 0.1) is 19.6 Å². The number of anilines is 1. The van der Waals surface area contributed by atoms with Crippen LogP contribution in [0.15, 0.2) is 53.1 Å². The Morgan fingerprint density at radius 2 is 1.92 bits per heavy atom. The number of nitrogens with zero attached hydrogens (tertiary/aromatic N) is 1. The molecule has 0 aliphatic heterocycles. The van der Waals surface area contributed by atoms with Gasteiger partial charge in [0.15, 0.2) is 22.9 Å². The quantitative estimate of drug-likeness (QED) is 0.727. The lowest BCUT2D eigenvalue weighted by Crippen LogP contribution is -2.08. The van der Waals surface area contributed by atoms with Gasteiger partial charge in [-0.15, -0.1) is 0 Å². The van der Waals surface area contributed by atoms with E-state index >= 15 is 0 Å². The minimum atomic E-state index is -0.302. The Hall–Kier alpha value is -3.28. The van der Waals surface area contributed by atoms with Crippen LogP contribution in [0.3, 0.4) is 0 Å². The van der Waals surface area contributed by atoms with Gasteiger partial charge in [0.2, 0.25) is 5.91 Å². The van der Waals surface area contributed by atoms with E-state index in [0.29, 0.717) is 22.9 Å². The van der Waals surface area contributed by atoms with Crippen molar-refractivity contribution in [2.75, 3.05) is 19.5 Å². The van der Waals surface area contributed by atoms with Crippen LogP contribution in [-0.2, 0) is 4.79 Å². The van der Waals surface area contributed by atoms with Crippen molar-refractivity contribution in [2.24, 2.45) is 0 Å². The van der Waals surface area contributed by atoms with Gasteiger partial charge in [0.1, 0.15) is 0 Å². The molecule has 0 radical (unpaired) electrons. The number of methoxy groups -OCH3 is 2. The maximum Gasteiger partial charge on any atom is 0.249 e. The fourth-order valence-corrected chi connectivity index (χ4v) is 2.26. The van der Waals surface area contributed by atoms with Gasteiger partial charge in [0.25, 0.3) is 0 Å². The maximum atomic E-state index is 12.1. The first-order chi connectivity index (χ1) is 11.7. The van der Waals surface area contributed by atoms with Crippen LogP contribution in [0.2, 0.25) is 0 Å². The molecule has 122 valence electrons. The highest BCUT2D eigenvalue weighted by molar-refractivity contribution is 6.05. The number of benzene rings is 2. The van der Waals surface area contributed by atoms with E-state index < -0.39 is 0 Å². The lowest BCUT2D eigenvalue weighted by Gasteiger charge is -2.07. The van der Waals surface area contributed by atoms with E-state index in [1.54, 1.807) is 38.5 Å². The number of rotatable bonds is 5. The molecule has 1 heterocycles. The van der Waals surface area contributed by atoms with Crippen molar-refractivity contribution in [3.05, 3.63) is 54.1 Å². The molecule has 1 N–H and O–H groups in total. The van der Waals surface area contributed by atoms with Crippen molar-refractivity contribution in [1.82, 2.24) is 5.16 Å². The molecule has 6 heteroatoms. The number of hydrogen-bond acceptors (Lipinski definition) is 5. The lowest BCUT2D eigenvalue weighted by molar-refractivity contribution is -0.111. The van der Waals surface area contributed by atoms with Crippen LogP contribution >= 0.6 is 0 Å². The van der Waals surface area contributed by atoms with Crippen LogP contribution in [0, 0.1) is 0 Å². The highest BCUT2D eigenvalue weighted by Crippen LogP contribution is 2.28. The Morgan fingerprint density at radius 3 is 2.71 bits per heavy atom. The normalized spacial score (nSPS) is 10.9. The number of amides is 1. The summed E-state index contributed by atoms with van der Waals surface area (Å²) in [5.41, 5.74) is 1.43. The van der Waals surface area contributed by atoms with Gasteiger partial charge in [-0.3, -0.25) is 4.79 Å². The molecule has 0 saturated carbocycles. The molecule has 0 spiro atoms. The van der Waals surface area contributed by atoms with Gasteiger partial charge in [0, 0.05) is 6.08 Å². The molecule has 0 saturated heterocycles. The third-order valence-corrected chi connectivity index (χ3v) is 3.45. The standard InChI is InChI=1S/C18H16N2O4/c1-22-15-9-7-12(11-16(15)23-2)8-10-17(21)19-18-13-5-3-4-6-14(13)24-20-18/h3-11H,1-2H3,(H,19,20,21). The first kappa shape index (κ1) is 15.6. The fraction of sp³-hybridized carbons (Fsp3) is 0.111. The zero-order valence-corrected chi connectivity index (χ0v) is 13.3. The summed E-state index contributed by atoms with van der Waals surface area (Å²) in [7, 11) is 3.14. The predicted molar refractivity (Wildman–Crippen MR) is 91.2 cm³/mol. The lowest BCUT2D eigenvalue weighted by atomic mass is 10.2. The van der Waals surface area contributed by atoms with Crippen molar-refractivity contribution in [3.63, 3.8) is 0 Å². The van der Waals surface area contributed by atoms with Gasteiger partial charge >= 0.3 is 0 Å². The summed E-state index contributed by atoms with van der Waals surface area (Å²) in [6, 6.07) is 12.7. The molecule has 6 nitrogen and oxygen atoms in total. The van der Waals surface area contributed by atoms with Crippen molar-refractivity contribution in [2.45, 2.75) is 0 Å². The van der Waals surface area contributed by atoms with E-state index in [4.69, 9.17) is 14.0 Å². The summed E-state index contributed by atoms with van der Waals surface area (Å²) in [5, 5.41) is 7.32. The Balaban J connectivity index is 1.73. The molecule has 0 unspecified atom stereocenters. The smallest absolute Gasteiger partial charge is 0.249 e. The molecule has 2 aromatic carbocycles. The number of aromatic nitrogens is 1. The molecule has 1 amide bonds. The predicted octanol–water partition coefficient (Wildman–Crippen LogP) is 3.50. The van der Waals surface area contributed by atoms with Gasteiger partial charge in [-0.25, -0.2) is 0 Å². The molecule has 3 aromatic rings. The van der Waals surface area contributed by atoms with Crippen LogP contribution < -0.4 is 14.8 Å². The summed E-state index contributed by atoms with van der Waals surface area (Å²) >= 11 is 0. The molecule has 0 atom stereocenters. The minimum absolute atomic E-state index is 0.302. The second-order valence-electron chi connectivity index (χ2n) is 4.96. The molecule has 24 heavy (non-hydrogen) atoms. The number of carbonyl (C=O) groups excluding carboxylic acids is 1. The number of nitrogens with one attached hydrogen (secondary N) is 1. The number of fused-ring (bicyclic) bond motifs is 1. The van der Waals surface area contributed by atoms with Gasteiger partial charge in [-0.2, -0.15) is 0 Å². The van der Waals surface area contributed by atoms with Crippen LogP contribution in [0.25, 0.3) is 17.0 Å². The van der Waals surface area contributed by atoms with Crippen molar-refractivity contribution in [1.29, 1.82) is 0 Å². The van der Waals surface area contributed by atoms with Crippen molar-refractivity contribution in [3.8, 4) is 11.5 Å². The molecular weight excluding hydrogens is 308 g/mol. The Bertz CT molecular complexity index is 899. The van der Waals surface area contributed by atoms with Gasteiger partial charge in [-0.05, 0) is 35.9 Å². The average molecular weight is 324 g/mol. The third kappa shape index (κ3) is 3.22. The van der Waals surface area contributed by atoms with E-state index in [-0.39, 0.29) is 5.91 Å². The largest absolute Gasteiger partial charge is 0.493 e. The molecule has 0 bridgehead atoms. The van der Waals surface area contributed by atoms with E-state index in [1.165, 1.54) is 6.08 Å². The topological polar surface area (TPSA) is 73.6 Å². The first-order valence-electron chi connectivity index (χ1n) is 7.27. The second kappa shape index (κ2) is 6.87. The second-order valence-corrected chi connectivity index (χ2v) is 4.96. The van der Waals surface area contributed by atoms with E-state index in [0.717, 1.165) is 10.9 Å². The average Bonchev–Trinajstić information content (AvgIpc) is 3.02. The summed E-state index contributed by atoms with van der Waals surface area (Å²) in [6.07, 6.45) is 3.10. The highest BCUT2D eigenvalue weighted by atomic mass is 16.5. The molecular formula is C18H16N2O4. The highest BCUT2D eigenvalue weighted by Gasteiger charge is 2.09. The first-order valence-corrected chi connectivity index (χ1v) is 7.27. The molecule has 1 aromatic heterocycles. The Morgan fingerprint density at radius 1 is 1.12 bits per heavy atom. The monoisotopic (exact) mass is 324 g/mol. The molecule has 0 fully saturated rings. The number of para-hydroxylation sites is 1. The van der Waals surface area contributed by atoms with E-state index in [2.05, 4.69) is 10.5 Å². The number of hydrogen-bond donors (Lipinski definition) is 1. The summed E-state index contributed by atoms with van der Waals surface area (Å²) in [5.74, 6) is 1.33. The molecule has 0 aliphatic rings. The summed E-state index contributed by atoms with van der Waals surface area (Å²) in [6.45, 7) is 0. The Labute approximate surface area is 138 Å². The van der Waals surface area contributed by atoms with Crippen molar-refractivity contribution < 1.29 is 18.8 Å². The van der Waals surface area contributed by atoms with Crippen LogP contribution in [0.5, 0.6) is 11.5 Å². The number of carbonyl (C=O) groups is 1. The van der Waals surface area contributed by atoms with Gasteiger partial charge < -0.3 is 19.3 Å². The van der Waals surface area contributed by atoms with Crippen LogP contribution in [0.1, 0.15) is 5.56 Å². The maximum absolute atomic E-state index is 12.1. The van der Waals surface area contributed by atoms with Crippen LogP contribution in [0.4, 0.5) is 5.82 Å². The SMILES string of the molecule is COc1ccc(C=CC(=O)Nc2noc3ccccc23)cc1OC. The van der Waals surface area contributed by atoms with E-state index in [1.807, 2.05) is 24.3 Å². The fourth-order valence-electron chi connectivity index (χ4n) is 2.26. The Kier molecular flexibility index (Phi) is 4.47. The van der Waals surface area contributed by atoms with Crippen LogP contribution in [-0.4, -0.2) is 25.3 Å². The van der Waals surface area contributed by atoms with Crippen molar-refractivity contribution >= 4 is 28.8 Å². The van der Waals surface area contributed by atoms with Gasteiger partial charge in [-0.1, -0.05) is 23.4 Å². The third-order valence-electron chi connectivity index (χ3n) is 3.45. The molecule has 0 aliphatic carbocycles. The zero-order valence-electron chi connectivity index (χ0n) is 13.3. The summed E-state index contributed by atoms with van der Waals surface area (Å²) in [4.78, 5) is 12.1. The number of ether oxygens (including phenoxy) is 2. The minimum Gasteiger partial charge on any atom is -0.493 e. The van der Waals surface area contributed by atoms with E-state index in [9.17, 15) is 4.79 Å².